The minimum absolute atomic E-state index is 0.245. The summed E-state index contributed by atoms with van der Waals surface area (Å²) in [6, 6.07) is 0. The number of hydrogen-bond acceptors (Lipinski definition) is 5. The number of carbonyl (C=O) groups is 1. The molecule has 1 aromatic rings. The van der Waals surface area contributed by atoms with E-state index in [4.69, 9.17) is 5.73 Å². The van der Waals surface area contributed by atoms with E-state index in [-0.39, 0.29) is 5.97 Å². The second-order valence-corrected chi connectivity index (χ2v) is 2.49. The van der Waals surface area contributed by atoms with Gasteiger partial charge in [0.05, 0.1) is 7.11 Å². The van der Waals surface area contributed by atoms with Gasteiger partial charge in [-0.05, 0) is 0 Å². The number of ether oxygens (including phenoxy) is 1. The van der Waals surface area contributed by atoms with Gasteiger partial charge < -0.3 is 10.5 Å². The van der Waals surface area contributed by atoms with E-state index >= 15 is 0 Å². The first-order chi connectivity index (χ1) is 5.16. The smallest absolute Gasteiger partial charge is 0.302 e. The molecule has 0 radical (unpaired) electrons. The first-order valence-corrected chi connectivity index (χ1v) is 3.74. The van der Waals surface area contributed by atoms with Crippen LogP contribution in [0.3, 0.4) is 0 Å². The van der Waals surface area contributed by atoms with Crippen molar-refractivity contribution in [1.82, 2.24) is 4.98 Å². The number of anilines is 1. The molecule has 1 heterocycles. The van der Waals surface area contributed by atoms with Gasteiger partial charge in [0, 0.05) is 18.5 Å². The molecule has 0 aliphatic carbocycles. The first-order valence-electron chi connectivity index (χ1n) is 2.86. The van der Waals surface area contributed by atoms with E-state index < -0.39 is 0 Å². The van der Waals surface area contributed by atoms with Gasteiger partial charge in [0.25, 0.3) is 0 Å². The first kappa shape index (κ1) is 9.90. The van der Waals surface area contributed by atoms with Gasteiger partial charge in [0.15, 0.2) is 5.13 Å². The van der Waals surface area contributed by atoms with Crippen molar-refractivity contribution < 1.29 is 9.53 Å². The third kappa shape index (κ3) is 6.79. The Labute approximate surface area is 69.0 Å². The third-order valence-corrected chi connectivity index (χ3v) is 1.34. The minimum Gasteiger partial charge on any atom is -0.469 e. The maximum Gasteiger partial charge on any atom is 0.302 e. The van der Waals surface area contributed by atoms with Crippen molar-refractivity contribution in [3.8, 4) is 0 Å². The zero-order chi connectivity index (χ0) is 8.69. The van der Waals surface area contributed by atoms with Crippen molar-refractivity contribution in [2.24, 2.45) is 0 Å². The number of aromatic nitrogens is 1. The third-order valence-electron chi connectivity index (χ3n) is 0.739. The molecule has 1 aromatic heterocycles. The fourth-order valence-electron chi connectivity index (χ4n) is 0.234. The average Bonchev–Trinajstić information content (AvgIpc) is 2.41. The van der Waals surface area contributed by atoms with E-state index in [1.165, 1.54) is 25.4 Å². The van der Waals surface area contributed by atoms with Crippen LogP contribution < -0.4 is 5.73 Å². The molecule has 0 fully saturated rings. The monoisotopic (exact) mass is 174 g/mol. The SMILES string of the molecule is COC(C)=O.Nc1nccs1. The molecule has 0 bridgehead atoms. The van der Waals surface area contributed by atoms with Gasteiger partial charge in [-0.1, -0.05) is 0 Å². The Morgan fingerprint density at radius 2 is 2.36 bits per heavy atom. The molecule has 0 aromatic carbocycles. The highest BCUT2D eigenvalue weighted by atomic mass is 32.1. The molecule has 0 saturated heterocycles. The Bertz CT molecular complexity index is 198. The summed E-state index contributed by atoms with van der Waals surface area (Å²) < 4.78 is 4.11. The van der Waals surface area contributed by atoms with E-state index in [1.54, 1.807) is 6.20 Å². The lowest BCUT2D eigenvalue weighted by atomic mass is 10.8. The molecule has 0 unspecified atom stereocenters. The normalized spacial score (nSPS) is 7.82. The van der Waals surface area contributed by atoms with Crippen LogP contribution in [0.2, 0.25) is 0 Å². The van der Waals surface area contributed by atoms with Gasteiger partial charge in [-0.2, -0.15) is 0 Å². The molecule has 1 rings (SSSR count). The molecular weight excluding hydrogens is 164 g/mol. The largest absolute Gasteiger partial charge is 0.469 e. The van der Waals surface area contributed by atoms with Crippen LogP contribution >= 0.6 is 11.3 Å². The van der Waals surface area contributed by atoms with E-state index in [1.807, 2.05) is 5.38 Å². The van der Waals surface area contributed by atoms with Gasteiger partial charge >= 0.3 is 5.97 Å². The Kier molecular flexibility index (Phi) is 5.10. The summed E-state index contributed by atoms with van der Waals surface area (Å²) in [5, 5.41) is 2.48. The number of esters is 1. The number of nitrogens with zero attached hydrogens (tertiary/aromatic N) is 1. The highest BCUT2D eigenvalue weighted by molar-refractivity contribution is 7.13. The molecule has 4 nitrogen and oxygen atoms in total. The standard InChI is InChI=1S/C3H4N2S.C3H6O2/c4-3-5-1-2-6-3;1-3(4)5-2/h1-2H,(H2,4,5);1-2H3. The van der Waals surface area contributed by atoms with Crippen LogP contribution in [0.5, 0.6) is 0 Å². The predicted molar refractivity (Wildman–Crippen MR) is 44.2 cm³/mol. The molecule has 11 heavy (non-hydrogen) atoms. The molecule has 0 aliphatic heterocycles. The molecule has 0 saturated carbocycles. The number of rotatable bonds is 0. The molecule has 62 valence electrons. The van der Waals surface area contributed by atoms with Crippen molar-refractivity contribution in [3.63, 3.8) is 0 Å². The molecule has 2 N–H and O–H groups in total. The van der Waals surface area contributed by atoms with Crippen molar-refractivity contribution >= 4 is 22.4 Å². The van der Waals surface area contributed by atoms with Crippen molar-refractivity contribution in [1.29, 1.82) is 0 Å². The van der Waals surface area contributed by atoms with Crippen LogP contribution in [0.15, 0.2) is 11.6 Å². The average molecular weight is 174 g/mol. The Morgan fingerprint density at radius 3 is 2.45 bits per heavy atom. The predicted octanol–water partition coefficient (Wildman–Crippen LogP) is 0.905. The van der Waals surface area contributed by atoms with Crippen molar-refractivity contribution in [2.75, 3.05) is 12.8 Å². The minimum atomic E-state index is -0.245. The highest BCUT2D eigenvalue weighted by Gasteiger charge is 1.76. The highest BCUT2D eigenvalue weighted by Crippen LogP contribution is 2.02. The van der Waals surface area contributed by atoms with E-state index in [2.05, 4.69) is 9.72 Å². The molecule has 0 spiro atoms. The molecular formula is C6H10N2O2S. The number of hydrogen-bond donors (Lipinski definition) is 1. The molecule has 0 aliphatic rings. The summed E-state index contributed by atoms with van der Waals surface area (Å²) in [6.45, 7) is 1.36. The van der Waals surface area contributed by atoms with Crippen LogP contribution in [0, 0.1) is 0 Å². The summed E-state index contributed by atoms with van der Waals surface area (Å²) in [6.07, 6.45) is 1.68. The summed E-state index contributed by atoms with van der Waals surface area (Å²) >= 11 is 1.44. The zero-order valence-electron chi connectivity index (χ0n) is 6.40. The van der Waals surface area contributed by atoms with Gasteiger partial charge in [0.2, 0.25) is 0 Å². The van der Waals surface area contributed by atoms with E-state index in [9.17, 15) is 4.79 Å². The van der Waals surface area contributed by atoms with E-state index in [0.29, 0.717) is 5.13 Å². The van der Waals surface area contributed by atoms with Gasteiger partial charge in [-0.25, -0.2) is 4.98 Å². The van der Waals surface area contributed by atoms with Crippen molar-refractivity contribution in [3.05, 3.63) is 11.6 Å². The summed E-state index contributed by atoms with van der Waals surface area (Å²) in [5.74, 6) is -0.245. The summed E-state index contributed by atoms with van der Waals surface area (Å²) in [4.78, 5) is 13.3. The second kappa shape index (κ2) is 5.67. The summed E-state index contributed by atoms with van der Waals surface area (Å²) in [5.41, 5.74) is 5.19. The lowest BCUT2D eigenvalue weighted by molar-refractivity contribution is -0.137. The lowest BCUT2D eigenvalue weighted by Crippen LogP contribution is -1.88. The number of methoxy groups -OCH3 is 1. The molecule has 0 atom stereocenters. The van der Waals surface area contributed by atoms with E-state index in [0.717, 1.165) is 0 Å². The fourth-order valence-corrected chi connectivity index (χ4v) is 0.617. The fraction of sp³-hybridized carbons (Fsp3) is 0.333. The Hall–Kier alpha value is -1.10. The van der Waals surface area contributed by atoms with Crippen LogP contribution in [0.4, 0.5) is 5.13 Å². The number of nitrogens with two attached hydrogens (primary N) is 1. The number of nitrogen functional groups attached to an aromatic ring is 1. The van der Waals surface area contributed by atoms with Gasteiger partial charge in [-0.15, -0.1) is 11.3 Å². The van der Waals surface area contributed by atoms with Crippen LogP contribution in [0.25, 0.3) is 0 Å². The number of carbonyl (C=O) groups excluding carboxylic acids is 1. The Morgan fingerprint density at radius 1 is 1.82 bits per heavy atom. The zero-order valence-corrected chi connectivity index (χ0v) is 7.22. The van der Waals surface area contributed by atoms with Crippen LogP contribution in [-0.2, 0) is 9.53 Å². The lowest BCUT2D eigenvalue weighted by Gasteiger charge is -1.80. The maximum atomic E-state index is 9.59. The molecule has 5 heteroatoms. The van der Waals surface area contributed by atoms with Crippen LogP contribution in [0.1, 0.15) is 6.92 Å². The maximum absolute atomic E-state index is 9.59. The number of thiazole rings is 1. The van der Waals surface area contributed by atoms with Gasteiger partial charge in [-0.3, -0.25) is 4.79 Å². The molecule has 0 amide bonds. The van der Waals surface area contributed by atoms with Crippen LogP contribution in [-0.4, -0.2) is 18.1 Å². The summed E-state index contributed by atoms with van der Waals surface area (Å²) in [7, 11) is 1.35. The topological polar surface area (TPSA) is 65.2 Å². The Balaban J connectivity index is 0.000000187. The van der Waals surface area contributed by atoms with Gasteiger partial charge in [0.1, 0.15) is 0 Å². The van der Waals surface area contributed by atoms with Crippen molar-refractivity contribution in [2.45, 2.75) is 6.92 Å². The quantitative estimate of drug-likeness (QED) is 0.593. The second-order valence-electron chi connectivity index (χ2n) is 1.57.